The van der Waals surface area contributed by atoms with Gasteiger partial charge >= 0.3 is 5.97 Å². The van der Waals surface area contributed by atoms with Crippen LogP contribution < -0.4 is 4.74 Å². The summed E-state index contributed by atoms with van der Waals surface area (Å²) in [6.07, 6.45) is 1.96. The van der Waals surface area contributed by atoms with E-state index in [1.807, 2.05) is 42.1 Å². The van der Waals surface area contributed by atoms with Crippen molar-refractivity contribution >= 4 is 27.9 Å². The summed E-state index contributed by atoms with van der Waals surface area (Å²) in [4.78, 5) is 18.7. The largest absolute Gasteiger partial charge is 0.478 e. The van der Waals surface area contributed by atoms with E-state index in [1.54, 1.807) is 25.1 Å². The number of H-pyrrole nitrogens is 1. The molecule has 0 radical (unpaired) electrons. The molecule has 0 unspecified atom stereocenters. The van der Waals surface area contributed by atoms with Crippen LogP contribution in [-0.2, 0) is 7.05 Å². The van der Waals surface area contributed by atoms with Crippen LogP contribution in [0.1, 0.15) is 15.9 Å². The minimum Gasteiger partial charge on any atom is -0.478 e. The number of carboxylic acid groups (broad SMARTS) is 1. The Labute approximate surface area is 176 Å². The lowest BCUT2D eigenvalue weighted by molar-refractivity contribution is 0.0695. The van der Waals surface area contributed by atoms with Crippen LogP contribution in [0.4, 0.5) is 4.39 Å². The molecule has 2 heterocycles. The van der Waals surface area contributed by atoms with Gasteiger partial charge in [-0.25, -0.2) is 9.18 Å². The zero-order chi connectivity index (χ0) is 21.7. The van der Waals surface area contributed by atoms with Crippen LogP contribution in [0.5, 0.6) is 11.8 Å². The number of halogens is 1. The summed E-state index contributed by atoms with van der Waals surface area (Å²) in [7, 11) is 1.97. The highest BCUT2D eigenvalue weighted by Crippen LogP contribution is 2.31. The lowest BCUT2D eigenvalue weighted by Gasteiger charge is -2.05. The Morgan fingerprint density at radius 3 is 2.77 bits per heavy atom. The first kappa shape index (κ1) is 18.9. The standard InChI is InChI=1S/C24H18FN3O3/c1-13-3-5-16(10-17(13)23(29)30)31-24-26-20-11-18(19(25)12-21(20)27-24)14-4-6-22-15(9-14)7-8-28(22)2/h3-12H,1-2H3,(H,26,27)(H,29,30). The molecule has 5 aromatic rings. The van der Waals surface area contributed by atoms with Crippen molar-refractivity contribution in [2.24, 2.45) is 7.05 Å². The summed E-state index contributed by atoms with van der Waals surface area (Å²) in [6.45, 7) is 1.71. The van der Waals surface area contributed by atoms with Crippen LogP contribution in [0.3, 0.4) is 0 Å². The molecule has 0 aliphatic heterocycles. The Morgan fingerprint density at radius 2 is 1.97 bits per heavy atom. The van der Waals surface area contributed by atoms with E-state index in [4.69, 9.17) is 4.74 Å². The van der Waals surface area contributed by atoms with E-state index in [9.17, 15) is 14.3 Å². The maximum absolute atomic E-state index is 14.9. The lowest BCUT2D eigenvalue weighted by atomic mass is 10.0. The third kappa shape index (κ3) is 3.30. The Kier molecular flexibility index (Phi) is 4.25. The second kappa shape index (κ2) is 6.98. The molecule has 31 heavy (non-hydrogen) atoms. The first-order chi connectivity index (χ1) is 14.9. The Hall–Kier alpha value is -4.13. The quantitative estimate of drug-likeness (QED) is 0.397. The van der Waals surface area contributed by atoms with Crippen molar-refractivity contribution in [3.05, 3.63) is 77.7 Å². The fourth-order valence-corrected chi connectivity index (χ4v) is 3.73. The number of ether oxygens (including phenoxy) is 1. The summed E-state index contributed by atoms with van der Waals surface area (Å²) < 4.78 is 22.6. The number of imidazole rings is 1. The zero-order valence-electron chi connectivity index (χ0n) is 16.8. The van der Waals surface area contributed by atoms with Crippen LogP contribution >= 0.6 is 0 Å². The second-order valence-corrected chi connectivity index (χ2v) is 7.48. The fourth-order valence-electron chi connectivity index (χ4n) is 3.73. The van der Waals surface area contributed by atoms with Gasteiger partial charge in [-0.3, -0.25) is 0 Å². The number of rotatable bonds is 4. The molecular weight excluding hydrogens is 397 g/mol. The average molecular weight is 415 g/mol. The Bertz CT molecular complexity index is 1480. The number of aryl methyl sites for hydroxylation is 2. The van der Waals surface area contributed by atoms with Crippen molar-refractivity contribution < 1.29 is 19.0 Å². The summed E-state index contributed by atoms with van der Waals surface area (Å²) in [5.74, 6) is -1.08. The number of fused-ring (bicyclic) bond motifs is 2. The van der Waals surface area contributed by atoms with Gasteiger partial charge in [-0.15, -0.1) is 0 Å². The molecule has 7 heteroatoms. The zero-order valence-corrected chi connectivity index (χ0v) is 16.8. The van der Waals surface area contributed by atoms with E-state index in [0.717, 1.165) is 16.5 Å². The third-order valence-electron chi connectivity index (χ3n) is 5.40. The van der Waals surface area contributed by atoms with Gasteiger partial charge < -0.3 is 19.4 Å². The predicted octanol–water partition coefficient (Wildman–Crippen LogP) is 5.66. The molecule has 0 fully saturated rings. The van der Waals surface area contributed by atoms with E-state index >= 15 is 0 Å². The maximum Gasteiger partial charge on any atom is 0.336 e. The van der Waals surface area contributed by atoms with Crippen molar-refractivity contribution in [1.29, 1.82) is 0 Å². The third-order valence-corrected chi connectivity index (χ3v) is 5.40. The van der Waals surface area contributed by atoms with Crippen LogP contribution in [0.25, 0.3) is 33.1 Å². The highest BCUT2D eigenvalue weighted by molar-refractivity contribution is 5.90. The van der Waals surface area contributed by atoms with Crippen molar-refractivity contribution in [3.63, 3.8) is 0 Å². The van der Waals surface area contributed by atoms with Gasteiger partial charge in [0, 0.05) is 35.8 Å². The fraction of sp³-hybridized carbons (Fsp3) is 0.0833. The second-order valence-electron chi connectivity index (χ2n) is 7.48. The average Bonchev–Trinajstić information content (AvgIpc) is 3.30. The molecule has 3 aromatic carbocycles. The van der Waals surface area contributed by atoms with Crippen molar-refractivity contribution in [2.45, 2.75) is 6.92 Å². The molecule has 0 saturated carbocycles. The highest BCUT2D eigenvalue weighted by Gasteiger charge is 2.14. The number of carboxylic acids is 1. The van der Waals surface area contributed by atoms with Gasteiger partial charge in [-0.1, -0.05) is 12.1 Å². The van der Waals surface area contributed by atoms with Crippen LogP contribution in [-0.4, -0.2) is 25.6 Å². The monoisotopic (exact) mass is 415 g/mol. The minimum atomic E-state index is -1.03. The van der Waals surface area contributed by atoms with Crippen LogP contribution in [0, 0.1) is 12.7 Å². The van der Waals surface area contributed by atoms with Crippen LogP contribution in [0.2, 0.25) is 0 Å². The van der Waals surface area contributed by atoms with E-state index in [-0.39, 0.29) is 17.4 Å². The smallest absolute Gasteiger partial charge is 0.336 e. The lowest BCUT2D eigenvalue weighted by Crippen LogP contribution is -2.00. The molecule has 6 nitrogen and oxygen atoms in total. The summed E-state index contributed by atoms with van der Waals surface area (Å²) in [5, 5.41) is 10.3. The number of hydrogen-bond acceptors (Lipinski definition) is 3. The summed E-state index contributed by atoms with van der Waals surface area (Å²) >= 11 is 0. The molecule has 0 saturated heterocycles. The first-order valence-electron chi connectivity index (χ1n) is 9.65. The molecule has 2 N–H and O–H groups in total. The van der Waals surface area contributed by atoms with Gasteiger partial charge in [0.05, 0.1) is 16.6 Å². The van der Waals surface area contributed by atoms with Crippen LogP contribution in [0.15, 0.2) is 60.8 Å². The number of nitrogens with zero attached hydrogens (tertiary/aromatic N) is 2. The first-order valence-corrected chi connectivity index (χ1v) is 9.65. The van der Waals surface area contributed by atoms with Gasteiger partial charge in [0.2, 0.25) is 0 Å². The Balaban J connectivity index is 1.52. The molecule has 0 amide bonds. The molecule has 154 valence electrons. The molecule has 0 spiro atoms. The van der Waals surface area contributed by atoms with Crippen molar-refractivity contribution in [3.8, 4) is 22.9 Å². The topological polar surface area (TPSA) is 80.1 Å². The van der Waals surface area contributed by atoms with Gasteiger partial charge in [0.15, 0.2) is 0 Å². The van der Waals surface area contributed by atoms with Gasteiger partial charge in [-0.2, -0.15) is 4.98 Å². The number of carbonyl (C=O) groups is 1. The number of benzene rings is 3. The van der Waals surface area contributed by atoms with Crippen molar-refractivity contribution in [1.82, 2.24) is 14.5 Å². The maximum atomic E-state index is 14.9. The molecule has 2 aromatic heterocycles. The molecule has 0 aliphatic carbocycles. The molecule has 0 bridgehead atoms. The Morgan fingerprint density at radius 1 is 1.13 bits per heavy atom. The van der Waals surface area contributed by atoms with E-state index < -0.39 is 5.97 Å². The van der Waals surface area contributed by atoms with E-state index in [0.29, 0.717) is 27.9 Å². The van der Waals surface area contributed by atoms with E-state index in [1.165, 1.54) is 12.1 Å². The predicted molar refractivity (Wildman–Crippen MR) is 116 cm³/mol. The number of nitrogens with one attached hydrogen (secondary N) is 1. The summed E-state index contributed by atoms with van der Waals surface area (Å²) in [6, 6.07) is 15.8. The molecule has 0 atom stereocenters. The minimum absolute atomic E-state index is 0.151. The number of aromatic nitrogens is 3. The molecule has 5 rings (SSSR count). The summed E-state index contributed by atoms with van der Waals surface area (Å²) in [5.41, 5.74) is 4.09. The highest BCUT2D eigenvalue weighted by atomic mass is 19.1. The molecule has 0 aliphatic rings. The normalized spacial score (nSPS) is 11.3. The van der Waals surface area contributed by atoms with Gasteiger partial charge in [0.25, 0.3) is 6.01 Å². The number of hydrogen-bond donors (Lipinski definition) is 2. The van der Waals surface area contributed by atoms with Gasteiger partial charge in [0.1, 0.15) is 11.6 Å². The molecular formula is C24H18FN3O3. The number of aromatic amines is 1. The van der Waals surface area contributed by atoms with Gasteiger partial charge in [-0.05, 0) is 54.4 Å². The van der Waals surface area contributed by atoms with Crippen molar-refractivity contribution in [2.75, 3.05) is 0 Å². The van der Waals surface area contributed by atoms with E-state index in [2.05, 4.69) is 9.97 Å². The number of aromatic carboxylic acids is 1. The SMILES string of the molecule is Cc1ccc(Oc2nc3cc(-c4ccc5c(ccn5C)c4)c(F)cc3[nH]2)cc1C(=O)O.